The molecule has 2 aromatic rings. The number of alkyl halides is 2. The van der Waals surface area contributed by atoms with Crippen LogP contribution in [0.5, 0.6) is 11.5 Å². The van der Waals surface area contributed by atoms with Gasteiger partial charge in [0.1, 0.15) is 17.5 Å². The van der Waals surface area contributed by atoms with E-state index in [1.807, 2.05) is 18.2 Å². The number of nitrogens with zero attached hydrogens (tertiary/aromatic N) is 1. The maximum absolute atomic E-state index is 13.7. The smallest absolute Gasteiger partial charge is 0.256 e. The molecule has 0 radical (unpaired) electrons. The van der Waals surface area contributed by atoms with Crippen LogP contribution < -0.4 is 15.8 Å². The Hall–Kier alpha value is -3.49. The third-order valence-corrected chi connectivity index (χ3v) is 5.79. The number of benzene rings is 2. The number of nitrogens with two attached hydrogens (primary N) is 1. The fourth-order valence-electron chi connectivity index (χ4n) is 3.93. The fraction of sp³-hybridized carbons (Fsp3) is 0.318. The van der Waals surface area contributed by atoms with Crippen LogP contribution in [0.25, 0.3) is 0 Å². The van der Waals surface area contributed by atoms with E-state index in [1.165, 1.54) is 0 Å². The number of hydrogen-bond acceptors (Lipinski definition) is 4. The van der Waals surface area contributed by atoms with Crippen molar-refractivity contribution in [3.05, 3.63) is 60.2 Å². The Morgan fingerprint density at radius 1 is 1.06 bits per heavy atom. The van der Waals surface area contributed by atoms with Crippen molar-refractivity contribution >= 4 is 17.7 Å². The number of carbonyl (C=O) groups excluding carboxylic acids is 3. The molecule has 2 aliphatic rings. The molecule has 1 aliphatic carbocycles. The van der Waals surface area contributed by atoms with Gasteiger partial charge in [0.2, 0.25) is 11.8 Å². The summed E-state index contributed by atoms with van der Waals surface area (Å²) in [5.74, 6) is -3.67. The summed E-state index contributed by atoms with van der Waals surface area (Å²) in [6.45, 7) is -0.666. The number of para-hydroxylation sites is 1. The Morgan fingerprint density at radius 2 is 1.68 bits per heavy atom. The second-order valence-corrected chi connectivity index (χ2v) is 7.93. The van der Waals surface area contributed by atoms with Gasteiger partial charge in [-0.3, -0.25) is 14.4 Å². The first-order valence-electron chi connectivity index (χ1n) is 9.79. The van der Waals surface area contributed by atoms with Crippen molar-refractivity contribution in [2.45, 2.75) is 24.8 Å². The summed E-state index contributed by atoms with van der Waals surface area (Å²) in [5.41, 5.74) is 4.23. The number of amides is 3. The molecule has 0 bridgehead atoms. The van der Waals surface area contributed by atoms with Crippen LogP contribution in [0.3, 0.4) is 0 Å². The normalized spacial score (nSPS) is 23.4. The van der Waals surface area contributed by atoms with Crippen LogP contribution in [0.1, 0.15) is 23.2 Å². The fourth-order valence-corrected chi connectivity index (χ4v) is 3.93. The van der Waals surface area contributed by atoms with Crippen molar-refractivity contribution in [1.82, 2.24) is 10.2 Å². The van der Waals surface area contributed by atoms with Gasteiger partial charge in [-0.1, -0.05) is 18.2 Å². The molecule has 2 fully saturated rings. The van der Waals surface area contributed by atoms with Crippen LogP contribution in [-0.4, -0.2) is 47.7 Å². The van der Waals surface area contributed by atoms with Gasteiger partial charge in [0.05, 0.1) is 12.0 Å². The van der Waals surface area contributed by atoms with E-state index in [0.29, 0.717) is 17.1 Å². The lowest BCUT2D eigenvalue weighted by Gasteiger charge is -2.22. The van der Waals surface area contributed by atoms with Crippen LogP contribution in [0.2, 0.25) is 0 Å². The van der Waals surface area contributed by atoms with Gasteiger partial charge in [-0.25, -0.2) is 8.78 Å². The number of rotatable bonds is 6. The molecular weight excluding hydrogens is 408 g/mol. The van der Waals surface area contributed by atoms with Crippen LogP contribution in [0, 0.1) is 5.41 Å². The Morgan fingerprint density at radius 3 is 2.26 bits per heavy atom. The third kappa shape index (κ3) is 4.08. The maximum Gasteiger partial charge on any atom is 0.256 e. The van der Waals surface area contributed by atoms with Gasteiger partial charge in [0.25, 0.3) is 11.8 Å². The minimum absolute atomic E-state index is 0.155. The van der Waals surface area contributed by atoms with Crippen molar-refractivity contribution < 1.29 is 27.9 Å². The van der Waals surface area contributed by atoms with E-state index in [0.717, 1.165) is 4.90 Å². The number of likely N-dealkylation sites (tertiary alicyclic amines) is 1. The molecule has 1 spiro atoms. The largest absolute Gasteiger partial charge is 0.457 e. The summed E-state index contributed by atoms with van der Waals surface area (Å²) in [5, 5.41) is 2.46. The van der Waals surface area contributed by atoms with Crippen molar-refractivity contribution in [3.8, 4) is 11.5 Å². The molecule has 7 nitrogen and oxygen atoms in total. The first kappa shape index (κ1) is 20.8. The van der Waals surface area contributed by atoms with Gasteiger partial charge in [-0.15, -0.1) is 0 Å². The SMILES string of the molecule is NC(=O)C1CC2(CN1C(=O)CNC(=O)c1ccc(Oc3ccccc3)cc1)CC2(F)F. The molecule has 3 amide bonds. The summed E-state index contributed by atoms with van der Waals surface area (Å²) in [7, 11) is 0. The predicted molar refractivity (Wildman–Crippen MR) is 107 cm³/mol. The van der Waals surface area contributed by atoms with Gasteiger partial charge >= 0.3 is 0 Å². The minimum Gasteiger partial charge on any atom is -0.457 e. The zero-order valence-electron chi connectivity index (χ0n) is 16.5. The standard InChI is InChI=1S/C22H21F2N3O4/c23-22(24)12-21(22)10-17(19(25)29)27(13-21)18(28)11-26-20(30)14-6-8-16(9-7-14)31-15-4-2-1-3-5-15/h1-9,17H,10-13H2,(H2,25,29)(H,26,30). The van der Waals surface area contributed by atoms with Gasteiger partial charge in [-0.2, -0.15) is 0 Å². The summed E-state index contributed by atoms with van der Waals surface area (Å²) < 4.78 is 33.1. The zero-order chi connectivity index (χ0) is 22.2. The lowest BCUT2D eigenvalue weighted by atomic mass is 10.0. The molecule has 2 unspecified atom stereocenters. The van der Waals surface area contributed by atoms with E-state index >= 15 is 0 Å². The molecule has 1 saturated carbocycles. The highest BCUT2D eigenvalue weighted by molar-refractivity contribution is 5.97. The summed E-state index contributed by atoms with van der Waals surface area (Å²) >= 11 is 0. The zero-order valence-corrected chi connectivity index (χ0v) is 16.5. The molecule has 162 valence electrons. The number of hydrogen-bond donors (Lipinski definition) is 2. The van der Waals surface area contributed by atoms with Crippen molar-refractivity contribution in [3.63, 3.8) is 0 Å². The highest BCUT2D eigenvalue weighted by atomic mass is 19.3. The Balaban J connectivity index is 1.34. The molecule has 2 atom stereocenters. The van der Waals surface area contributed by atoms with Crippen molar-refractivity contribution in [1.29, 1.82) is 0 Å². The van der Waals surface area contributed by atoms with Gasteiger partial charge in [0.15, 0.2) is 0 Å². The average Bonchev–Trinajstić information content (AvgIpc) is 3.07. The van der Waals surface area contributed by atoms with Crippen LogP contribution in [-0.2, 0) is 9.59 Å². The van der Waals surface area contributed by atoms with Crippen molar-refractivity contribution in [2.24, 2.45) is 11.1 Å². The molecule has 1 saturated heterocycles. The number of halogens is 2. The number of carbonyl (C=O) groups is 3. The van der Waals surface area contributed by atoms with Gasteiger partial charge in [0, 0.05) is 18.5 Å². The molecule has 1 heterocycles. The van der Waals surface area contributed by atoms with E-state index in [4.69, 9.17) is 10.5 Å². The van der Waals surface area contributed by atoms with E-state index in [1.54, 1.807) is 36.4 Å². The third-order valence-electron chi connectivity index (χ3n) is 5.79. The minimum atomic E-state index is -2.90. The average molecular weight is 429 g/mol. The summed E-state index contributed by atoms with van der Waals surface area (Å²) in [6, 6.07) is 14.4. The molecule has 2 aromatic carbocycles. The van der Waals surface area contributed by atoms with E-state index < -0.39 is 41.6 Å². The molecule has 31 heavy (non-hydrogen) atoms. The first-order valence-corrected chi connectivity index (χ1v) is 9.79. The van der Waals surface area contributed by atoms with Crippen LogP contribution in [0.4, 0.5) is 8.78 Å². The second kappa shape index (κ2) is 7.64. The Labute approximate surface area is 177 Å². The van der Waals surface area contributed by atoms with E-state index in [9.17, 15) is 23.2 Å². The second-order valence-electron chi connectivity index (χ2n) is 7.93. The Kier molecular flexibility index (Phi) is 5.12. The van der Waals surface area contributed by atoms with Gasteiger partial charge < -0.3 is 20.7 Å². The molecule has 3 N–H and O–H groups in total. The van der Waals surface area contributed by atoms with E-state index in [-0.39, 0.29) is 19.4 Å². The quantitative estimate of drug-likeness (QED) is 0.736. The maximum atomic E-state index is 13.7. The molecule has 0 aromatic heterocycles. The first-order chi connectivity index (χ1) is 14.7. The molecular formula is C22H21F2N3O4. The highest BCUT2D eigenvalue weighted by Crippen LogP contribution is 2.66. The number of ether oxygens (including phenoxy) is 1. The van der Waals surface area contributed by atoms with Crippen LogP contribution in [0.15, 0.2) is 54.6 Å². The molecule has 9 heteroatoms. The molecule has 1 aliphatic heterocycles. The lowest BCUT2D eigenvalue weighted by Crippen LogP contribution is -2.47. The monoisotopic (exact) mass is 429 g/mol. The van der Waals surface area contributed by atoms with E-state index in [2.05, 4.69) is 5.32 Å². The summed E-state index contributed by atoms with van der Waals surface area (Å²) in [6.07, 6.45) is -0.519. The van der Waals surface area contributed by atoms with Gasteiger partial charge in [-0.05, 0) is 42.8 Å². The van der Waals surface area contributed by atoms with Crippen LogP contribution >= 0.6 is 0 Å². The lowest BCUT2D eigenvalue weighted by molar-refractivity contribution is -0.136. The summed E-state index contributed by atoms with van der Waals surface area (Å²) in [4.78, 5) is 37.6. The molecule has 4 rings (SSSR count). The topological polar surface area (TPSA) is 102 Å². The highest BCUT2D eigenvalue weighted by Gasteiger charge is 2.75. The number of nitrogens with one attached hydrogen (secondary N) is 1. The predicted octanol–water partition coefficient (Wildman–Crippen LogP) is 2.32. The Bertz CT molecular complexity index is 1010. The van der Waals surface area contributed by atoms with Crippen molar-refractivity contribution in [2.75, 3.05) is 13.1 Å². The number of primary amides is 1.